The van der Waals surface area contributed by atoms with E-state index >= 15 is 0 Å². The van der Waals surface area contributed by atoms with Gasteiger partial charge in [-0.2, -0.15) is 0 Å². The van der Waals surface area contributed by atoms with Gasteiger partial charge in [-0.25, -0.2) is 0 Å². The number of benzene rings is 8. The van der Waals surface area contributed by atoms with Crippen LogP contribution in [-0.4, -0.2) is 13.7 Å². The van der Waals surface area contributed by atoms with Crippen LogP contribution in [0.1, 0.15) is 51.7 Å². The van der Waals surface area contributed by atoms with E-state index in [1.807, 2.05) is 0 Å². The lowest BCUT2D eigenvalue weighted by Gasteiger charge is -2.42. The number of fused-ring (bicyclic) bond motifs is 13. The second-order valence-electron chi connectivity index (χ2n) is 17.6. The Morgan fingerprint density at radius 2 is 0.807 bits per heavy atom. The van der Waals surface area contributed by atoms with Crippen molar-refractivity contribution in [3.05, 3.63) is 175 Å². The van der Waals surface area contributed by atoms with Crippen LogP contribution in [0, 0.1) is 0 Å². The van der Waals surface area contributed by atoms with Gasteiger partial charge in [0.25, 0.3) is 0 Å². The predicted octanol–water partition coefficient (Wildman–Crippen LogP) is 14.5. The highest BCUT2D eigenvalue weighted by atomic mass is 15.0. The van der Waals surface area contributed by atoms with Crippen LogP contribution < -0.4 is 0 Å². The summed E-state index contributed by atoms with van der Waals surface area (Å²) >= 11 is 0. The van der Waals surface area contributed by atoms with Gasteiger partial charge >= 0.3 is 0 Å². The standard InChI is InChI=1S/C54H43N3/c1-53(2)29-30-54(3,4)43-33-49-41(32-42(43)53)51-47(57(49)37-19-14-18-36(31-37)56-44-23-12-10-21-39(44)40-22-11-13-24-45(40)56)27-28-48-52(51)50-38-20-9-8-15-34(38)25-26-46(50)55(48)35-16-6-5-7-17-35/h5-28,31-33H,29-30H2,1-4H3. The van der Waals surface area contributed by atoms with Crippen molar-refractivity contribution in [2.45, 2.75) is 51.4 Å². The van der Waals surface area contributed by atoms with Crippen LogP contribution in [0.3, 0.4) is 0 Å². The van der Waals surface area contributed by atoms with Crippen LogP contribution in [-0.2, 0) is 10.8 Å². The van der Waals surface area contributed by atoms with Crippen molar-refractivity contribution in [3.8, 4) is 17.1 Å². The average molecular weight is 734 g/mol. The number of para-hydroxylation sites is 3. The summed E-state index contributed by atoms with van der Waals surface area (Å²) in [6, 6.07) is 61.2. The van der Waals surface area contributed by atoms with Gasteiger partial charge < -0.3 is 13.7 Å². The molecule has 0 spiro atoms. The molecule has 0 unspecified atom stereocenters. The number of hydrogen-bond acceptors (Lipinski definition) is 0. The Morgan fingerprint density at radius 3 is 1.47 bits per heavy atom. The van der Waals surface area contributed by atoms with Crippen LogP contribution in [0.4, 0.5) is 0 Å². The third-order valence-electron chi connectivity index (χ3n) is 13.5. The van der Waals surface area contributed by atoms with Gasteiger partial charge in [0.2, 0.25) is 0 Å². The van der Waals surface area contributed by atoms with Crippen LogP contribution >= 0.6 is 0 Å². The Bertz CT molecular complexity index is 3410. The van der Waals surface area contributed by atoms with Crippen molar-refractivity contribution in [2.24, 2.45) is 0 Å². The molecule has 1 aliphatic rings. The van der Waals surface area contributed by atoms with E-state index in [-0.39, 0.29) is 10.8 Å². The fourth-order valence-electron chi connectivity index (χ4n) is 10.5. The van der Waals surface area contributed by atoms with E-state index in [2.05, 4.69) is 205 Å². The SMILES string of the molecule is CC1(C)CCC(C)(C)c2cc3c(cc21)c1c2c4c5ccccc5ccc4n(-c4ccccc4)c2ccc1n3-c1cccc(-n2c3ccccc3c3ccccc32)c1. The molecule has 0 amide bonds. The molecule has 0 radical (unpaired) electrons. The third kappa shape index (κ3) is 4.48. The van der Waals surface area contributed by atoms with Gasteiger partial charge in [-0.1, -0.05) is 119 Å². The maximum atomic E-state index is 2.59. The molecule has 3 aromatic heterocycles. The average Bonchev–Trinajstić information content (AvgIpc) is 3.88. The lowest BCUT2D eigenvalue weighted by molar-refractivity contribution is 0.332. The fraction of sp³-hybridized carbons (Fsp3) is 0.148. The summed E-state index contributed by atoms with van der Waals surface area (Å²) in [4.78, 5) is 0. The first-order valence-electron chi connectivity index (χ1n) is 20.4. The third-order valence-corrected chi connectivity index (χ3v) is 13.5. The van der Waals surface area contributed by atoms with Crippen molar-refractivity contribution < 1.29 is 0 Å². The predicted molar refractivity (Wildman–Crippen MR) is 242 cm³/mol. The minimum Gasteiger partial charge on any atom is -0.309 e. The Hall–Kier alpha value is -6.58. The van der Waals surface area contributed by atoms with Gasteiger partial charge in [0.15, 0.2) is 0 Å². The molecule has 0 atom stereocenters. The second-order valence-corrected chi connectivity index (χ2v) is 17.6. The lowest BCUT2D eigenvalue weighted by atomic mass is 9.63. The molecular formula is C54H43N3. The van der Waals surface area contributed by atoms with Crippen LogP contribution in [0.15, 0.2) is 164 Å². The van der Waals surface area contributed by atoms with Crippen molar-refractivity contribution in [2.75, 3.05) is 0 Å². The zero-order valence-electron chi connectivity index (χ0n) is 32.8. The molecule has 57 heavy (non-hydrogen) atoms. The Morgan fingerprint density at radius 1 is 0.333 bits per heavy atom. The van der Waals surface area contributed by atoms with Crippen molar-refractivity contribution in [1.29, 1.82) is 0 Å². The fourth-order valence-corrected chi connectivity index (χ4v) is 10.5. The zero-order valence-corrected chi connectivity index (χ0v) is 32.8. The zero-order chi connectivity index (χ0) is 38.2. The summed E-state index contributed by atoms with van der Waals surface area (Å²) in [6.45, 7) is 9.79. The van der Waals surface area contributed by atoms with Gasteiger partial charge in [0.05, 0.1) is 33.1 Å². The number of hydrogen-bond donors (Lipinski definition) is 0. The molecule has 0 fully saturated rings. The van der Waals surface area contributed by atoms with E-state index in [4.69, 9.17) is 0 Å². The molecule has 12 rings (SSSR count). The van der Waals surface area contributed by atoms with Crippen LogP contribution in [0.2, 0.25) is 0 Å². The summed E-state index contributed by atoms with van der Waals surface area (Å²) in [5.74, 6) is 0. The topological polar surface area (TPSA) is 14.8 Å². The number of rotatable bonds is 3. The molecule has 3 heterocycles. The summed E-state index contributed by atoms with van der Waals surface area (Å²) < 4.78 is 7.48. The molecule has 0 bridgehead atoms. The van der Waals surface area contributed by atoms with E-state index in [0.29, 0.717) is 0 Å². The van der Waals surface area contributed by atoms with Crippen molar-refractivity contribution in [3.63, 3.8) is 0 Å². The van der Waals surface area contributed by atoms with E-state index in [1.165, 1.54) is 106 Å². The van der Waals surface area contributed by atoms with Gasteiger partial charge in [-0.3, -0.25) is 0 Å². The first-order valence-corrected chi connectivity index (χ1v) is 20.4. The van der Waals surface area contributed by atoms with Gasteiger partial charge in [0, 0.05) is 49.4 Å². The van der Waals surface area contributed by atoms with E-state index < -0.39 is 0 Å². The quantitative estimate of drug-likeness (QED) is 0.172. The van der Waals surface area contributed by atoms with Crippen LogP contribution in [0.5, 0.6) is 0 Å². The second kappa shape index (κ2) is 11.5. The minimum absolute atomic E-state index is 0.0694. The van der Waals surface area contributed by atoms with E-state index in [9.17, 15) is 0 Å². The largest absolute Gasteiger partial charge is 0.309 e. The molecule has 0 aliphatic heterocycles. The lowest BCUT2D eigenvalue weighted by Crippen LogP contribution is -2.33. The molecule has 3 nitrogen and oxygen atoms in total. The molecular weight excluding hydrogens is 691 g/mol. The van der Waals surface area contributed by atoms with Crippen LogP contribution in [0.25, 0.3) is 93.3 Å². The Kier molecular flexibility index (Phi) is 6.58. The Balaban J connectivity index is 1.26. The molecule has 0 saturated heterocycles. The van der Waals surface area contributed by atoms with Gasteiger partial charge in [-0.15, -0.1) is 0 Å². The molecule has 8 aromatic carbocycles. The number of aromatic nitrogens is 3. The first-order chi connectivity index (χ1) is 27.8. The summed E-state index contributed by atoms with van der Waals surface area (Å²) in [5.41, 5.74) is 14.0. The summed E-state index contributed by atoms with van der Waals surface area (Å²) in [6.07, 6.45) is 2.34. The van der Waals surface area contributed by atoms with Gasteiger partial charge in [0.1, 0.15) is 0 Å². The van der Waals surface area contributed by atoms with Gasteiger partial charge in [-0.05, 0) is 118 Å². The highest BCUT2D eigenvalue weighted by Gasteiger charge is 2.38. The van der Waals surface area contributed by atoms with E-state index in [0.717, 1.165) is 11.4 Å². The maximum absolute atomic E-state index is 2.59. The normalized spacial score (nSPS) is 15.2. The van der Waals surface area contributed by atoms with Crippen molar-refractivity contribution in [1.82, 2.24) is 13.7 Å². The molecule has 1 aliphatic carbocycles. The monoisotopic (exact) mass is 733 g/mol. The minimum atomic E-state index is 0.0694. The number of nitrogens with zero attached hydrogens (tertiary/aromatic N) is 3. The molecule has 3 heteroatoms. The van der Waals surface area contributed by atoms with Crippen molar-refractivity contribution >= 4 is 76.2 Å². The highest BCUT2D eigenvalue weighted by Crippen LogP contribution is 2.51. The molecule has 11 aromatic rings. The first kappa shape index (κ1) is 32.6. The Labute approximate surface area is 332 Å². The molecule has 0 N–H and O–H groups in total. The maximum Gasteiger partial charge on any atom is 0.0549 e. The highest BCUT2D eigenvalue weighted by molar-refractivity contribution is 6.33. The summed E-state index contributed by atoms with van der Waals surface area (Å²) in [5, 5.41) is 10.4. The summed E-state index contributed by atoms with van der Waals surface area (Å²) in [7, 11) is 0. The molecule has 274 valence electrons. The smallest absolute Gasteiger partial charge is 0.0549 e. The van der Waals surface area contributed by atoms with E-state index in [1.54, 1.807) is 0 Å². The molecule has 0 saturated carbocycles.